The van der Waals surface area contributed by atoms with Crippen molar-refractivity contribution in [2.24, 2.45) is 0 Å². The third-order valence-corrected chi connectivity index (χ3v) is 7.21. The fraction of sp³-hybridized carbons (Fsp3) is 0.500. The van der Waals surface area contributed by atoms with E-state index in [0.29, 0.717) is 18.9 Å². The van der Waals surface area contributed by atoms with Gasteiger partial charge in [0.1, 0.15) is 5.82 Å². The number of hydrogen-bond donors (Lipinski definition) is 0. The second-order valence-electron chi connectivity index (χ2n) is 7.39. The number of benzene rings is 1. The van der Waals surface area contributed by atoms with E-state index in [0.717, 1.165) is 30.9 Å². The van der Waals surface area contributed by atoms with Gasteiger partial charge in [-0.3, -0.25) is 0 Å². The molecule has 0 spiro atoms. The summed E-state index contributed by atoms with van der Waals surface area (Å²) in [6, 6.07) is 10.4. The Hall–Kier alpha value is -2.15. The van der Waals surface area contributed by atoms with E-state index in [9.17, 15) is 8.42 Å². The first-order valence-electron chi connectivity index (χ1n) is 9.65. The van der Waals surface area contributed by atoms with Gasteiger partial charge in [-0.05, 0) is 44.7 Å². The molecule has 4 rings (SSSR count). The molecule has 0 N–H and O–H groups in total. The van der Waals surface area contributed by atoms with E-state index < -0.39 is 9.84 Å². The largest absolute Gasteiger partial charge is 0.337 e. The Labute approximate surface area is 161 Å². The summed E-state index contributed by atoms with van der Waals surface area (Å²) in [6.45, 7) is 5.63. The van der Waals surface area contributed by atoms with Crippen molar-refractivity contribution in [1.82, 2.24) is 9.97 Å². The zero-order valence-electron chi connectivity index (χ0n) is 15.9. The van der Waals surface area contributed by atoms with Crippen LogP contribution in [0.2, 0.25) is 0 Å². The molecule has 1 atom stereocenters. The van der Waals surface area contributed by atoms with Crippen molar-refractivity contribution in [1.29, 1.82) is 0 Å². The van der Waals surface area contributed by atoms with Gasteiger partial charge in [-0.1, -0.05) is 18.2 Å². The third-order valence-electron chi connectivity index (χ3n) is 5.46. The zero-order chi connectivity index (χ0) is 19.0. The van der Waals surface area contributed by atoms with Crippen molar-refractivity contribution in [2.75, 3.05) is 34.4 Å². The van der Waals surface area contributed by atoms with Gasteiger partial charge in [-0.25, -0.2) is 13.4 Å². The fourth-order valence-electron chi connectivity index (χ4n) is 4.16. The van der Waals surface area contributed by atoms with E-state index in [1.54, 1.807) is 0 Å². The number of fused-ring (bicyclic) bond motifs is 1. The van der Waals surface area contributed by atoms with Crippen LogP contribution in [0.5, 0.6) is 0 Å². The first-order valence-corrected chi connectivity index (χ1v) is 11.5. The maximum Gasteiger partial charge on any atom is 0.227 e. The molecule has 1 aromatic heterocycles. The number of para-hydroxylation sites is 1. The number of rotatable bonds is 4. The highest BCUT2D eigenvalue weighted by Crippen LogP contribution is 2.33. The number of aryl methyl sites for hydroxylation is 2. The lowest BCUT2D eigenvalue weighted by atomic mass is 10.0. The summed E-state index contributed by atoms with van der Waals surface area (Å²) in [4.78, 5) is 13.8. The molecule has 0 aliphatic carbocycles. The zero-order valence-corrected chi connectivity index (χ0v) is 16.7. The minimum absolute atomic E-state index is 0.0386. The second kappa shape index (κ2) is 7.11. The Balaban J connectivity index is 1.70. The number of nitrogens with zero attached hydrogens (tertiary/aromatic N) is 4. The van der Waals surface area contributed by atoms with Crippen molar-refractivity contribution in [2.45, 2.75) is 39.2 Å². The van der Waals surface area contributed by atoms with Crippen LogP contribution in [0.1, 0.15) is 31.0 Å². The summed E-state index contributed by atoms with van der Waals surface area (Å²) < 4.78 is 23.9. The van der Waals surface area contributed by atoms with Crippen LogP contribution in [0.3, 0.4) is 0 Å². The Morgan fingerprint density at radius 1 is 1.26 bits per heavy atom. The molecular formula is C20H26N4O2S. The maximum atomic E-state index is 11.9. The van der Waals surface area contributed by atoms with E-state index in [2.05, 4.69) is 39.0 Å². The molecule has 3 heterocycles. The van der Waals surface area contributed by atoms with Gasteiger partial charge in [-0.15, -0.1) is 0 Å². The van der Waals surface area contributed by atoms with Crippen LogP contribution in [-0.2, 0) is 16.3 Å². The molecule has 0 saturated carbocycles. The number of aromatic nitrogens is 2. The van der Waals surface area contributed by atoms with Crippen LogP contribution in [0.25, 0.3) is 0 Å². The van der Waals surface area contributed by atoms with E-state index in [-0.39, 0.29) is 17.5 Å². The fourth-order valence-corrected chi connectivity index (χ4v) is 5.89. The van der Waals surface area contributed by atoms with Crippen LogP contribution in [0, 0.1) is 6.92 Å². The molecule has 1 saturated heterocycles. The first-order chi connectivity index (χ1) is 13.0. The molecule has 1 fully saturated rings. The summed E-state index contributed by atoms with van der Waals surface area (Å²) in [5.74, 6) is 1.98. The molecule has 1 unspecified atom stereocenters. The number of anilines is 3. The minimum atomic E-state index is -2.95. The van der Waals surface area contributed by atoms with Crippen LogP contribution in [-0.4, -0.2) is 49.0 Å². The van der Waals surface area contributed by atoms with Crippen molar-refractivity contribution in [3.63, 3.8) is 0 Å². The molecule has 7 heteroatoms. The molecule has 2 aliphatic rings. The van der Waals surface area contributed by atoms with Crippen molar-refractivity contribution in [3.05, 3.63) is 41.6 Å². The van der Waals surface area contributed by atoms with Crippen LogP contribution in [0.4, 0.5) is 17.5 Å². The molecule has 0 bridgehead atoms. The summed E-state index contributed by atoms with van der Waals surface area (Å²) in [5, 5.41) is 0. The van der Waals surface area contributed by atoms with E-state index in [1.165, 1.54) is 11.3 Å². The normalized spacial score (nSPS) is 21.1. The van der Waals surface area contributed by atoms with Crippen LogP contribution < -0.4 is 9.80 Å². The molecule has 144 valence electrons. The van der Waals surface area contributed by atoms with Crippen LogP contribution in [0.15, 0.2) is 30.3 Å². The van der Waals surface area contributed by atoms with Gasteiger partial charge in [-0.2, -0.15) is 4.98 Å². The topological polar surface area (TPSA) is 66.4 Å². The van der Waals surface area contributed by atoms with Gasteiger partial charge in [0.15, 0.2) is 9.84 Å². The quantitative estimate of drug-likeness (QED) is 0.805. The molecule has 0 amide bonds. The molecule has 2 aromatic rings. The van der Waals surface area contributed by atoms with Crippen LogP contribution >= 0.6 is 0 Å². The lowest BCUT2D eigenvalue weighted by Gasteiger charge is -2.32. The Morgan fingerprint density at radius 3 is 2.81 bits per heavy atom. The molecular weight excluding hydrogens is 360 g/mol. The van der Waals surface area contributed by atoms with Gasteiger partial charge in [0.2, 0.25) is 5.95 Å². The second-order valence-corrected chi connectivity index (χ2v) is 9.62. The SMILES string of the molecule is CCN(c1nc(C)cc(N2CCCc3ccccc32)n1)C1CCS(=O)(=O)C1. The van der Waals surface area contributed by atoms with Crippen molar-refractivity contribution in [3.8, 4) is 0 Å². The van der Waals surface area contributed by atoms with Gasteiger partial charge in [0.25, 0.3) is 0 Å². The first kappa shape index (κ1) is 18.2. The number of hydrogen-bond acceptors (Lipinski definition) is 6. The average molecular weight is 387 g/mol. The van der Waals surface area contributed by atoms with Gasteiger partial charge >= 0.3 is 0 Å². The smallest absolute Gasteiger partial charge is 0.227 e. The van der Waals surface area contributed by atoms with Gasteiger partial charge < -0.3 is 9.80 Å². The maximum absolute atomic E-state index is 11.9. The van der Waals surface area contributed by atoms with E-state index in [4.69, 9.17) is 4.98 Å². The predicted molar refractivity (Wildman–Crippen MR) is 109 cm³/mol. The monoisotopic (exact) mass is 386 g/mol. The lowest BCUT2D eigenvalue weighted by molar-refractivity contribution is 0.599. The van der Waals surface area contributed by atoms with Gasteiger partial charge in [0.05, 0.1) is 11.5 Å². The molecule has 2 aliphatic heterocycles. The van der Waals surface area contributed by atoms with E-state index >= 15 is 0 Å². The Morgan fingerprint density at radius 2 is 2.07 bits per heavy atom. The highest BCUT2D eigenvalue weighted by molar-refractivity contribution is 7.91. The molecule has 6 nitrogen and oxygen atoms in total. The predicted octanol–water partition coefficient (Wildman–Crippen LogP) is 2.88. The van der Waals surface area contributed by atoms with Gasteiger partial charge in [0, 0.05) is 36.6 Å². The highest BCUT2D eigenvalue weighted by atomic mass is 32.2. The van der Waals surface area contributed by atoms with E-state index in [1.807, 2.05) is 19.9 Å². The third kappa shape index (κ3) is 3.65. The van der Waals surface area contributed by atoms with Crippen molar-refractivity contribution >= 4 is 27.3 Å². The summed E-state index contributed by atoms with van der Waals surface area (Å²) >= 11 is 0. The average Bonchev–Trinajstić information content (AvgIpc) is 3.01. The number of sulfone groups is 1. The minimum Gasteiger partial charge on any atom is -0.337 e. The molecule has 0 radical (unpaired) electrons. The highest BCUT2D eigenvalue weighted by Gasteiger charge is 2.33. The summed E-state index contributed by atoms with van der Waals surface area (Å²) in [6.07, 6.45) is 2.83. The molecule has 1 aromatic carbocycles. The summed E-state index contributed by atoms with van der Waals surface area (Å²) in [5.41, 5.74) is 3.45. The standard InChI is InChI=1S/C20H26N4O2S/c1-3-23(17-10-12-27(25,26)14-17)20-21-15(2)13-19(22-20)24-11-6-8-16-7-4-5-9-18(16)24/h4-5,7,9,13,17H,3,6,8,10-12,14H2,1-2H3. The Kier molecular flexibility index (Phi) is 4.80. The Bertz CT molecular complexity index is 945. The molecule has 27 heavy (non-hydrogen) atoms. The summed E-state index contributed by atoms with van der Waals surface area (Å²) in [7, 11) is -2.95. The van der Waals surface area contributed by atoms with Crippen molar-refractivity contribution < 1.29 is 8.42 Å². The lowest BCUT2D eigenvalue weighted by Crippen LogP contribution is -2.38.